The summed E-state index contributed by atoms with van der Waals surface area (Å²) in [7, 11) is -3.36. The standard InChI is InChI=1S/C15H15ClO2S/c1-11-3-9-15(10-4-11)19(17,18)12(2)13-5-7-14(16)8-6-13/h3-10,12H,1-2H3/t12-/m1/s1. The zero-order chi connectivity index (χ0) is 14.0. The summed E-state index contributed by atoms with van der Waals surface area (Å²) in [6, 6.07) is 13.8. The molecule has 0 amide bonds. The lowest BCUT2D eigenvalue weighted by Gasteiger charge is -2.13. The average molecular weight is 295 g/mol. The van der Waals surface area contributed by atoms with Gasteiger partial charge < -0.3 is 0 Å². The van der Waals surface area contributed by atoms with E-state index in [2.05, 4.69) is 0 Å². The molecule has 0 spiro atoms. The maximum absolute atomic E-state index is 12.5. The lowest BCUT2D eigenvalue weighted by molar-refractivity contribution is 0.586. The SMILES string of the molecule is Cc1ccc(S(=O)(=O)[C@H](C)c2ccc(Cl)cc2)cc1. The van der Waals surface area contributed by atoms with E-state index in [-0.39, 0.29) is 0 Å². The van der Waals surface area contributed by atoms with Crippen LogP contribution in [0.15, 0.2) is 53.4 Å². The van der Waals surface area contributed by atoms with Gasteiger partial charge in [-0.1, -0.05) is 41.4 Å². The van der Waals surface area contributed by atoms with Gasteiger partial charge in [-0.25, -0.2) is 8.42 Å². The Labute approximate surface area is 119 Å². The Hall–Kier alpha value is -1.32. The molecule has 0 saturated carbocycles. The zero-order valence-electron chi connectivity index (χ0n) is 10.8. The van der Waals surface area contributed by atoms with Crippen LogP contribution in [0.5, 0.6) is 0 Å². The Bertz CT molecular complexity index is 658. The van der Waals surface area contributed by atoms with Crippen molar-refractivity contribution in [3.05, 3.63) is 64.7 Å². The van der Waals surface area contributed by atoms with Gasteiger partial charge in [0.05, 0.1) is 10.1 Å². The molecule has 0 heterocycles. The highest BCUT2D eigenvalue weighted by Gasteiger charge is 2.24. The van der Waals surface area contributed by atoms with Gasteiger partial charge in [-0.15, -0.1) is 0 Å². The summed E-state index contributed by atoms with van der Waals surface area (Å²) in [6.45, 7) is 3.62. The molecule has 0 bridgehead atoms. The fourth-order valence-corrected chi connectivity index (χ4v) is 3.41. The zero-order valence-corrected chi connectivity index (χ0v) is 12.4. The Morgan fingerprint density at radius 1 is 0.947 bits per heavy atom. The number of hydrogen-bond donors (Lipinski definition) is 0. The molecule has 2 rings (SSSR count). The molecule has 0 radical (unpaired) electrons. The molecule has 2 aromatic carbocycles. The van der Waals surface area contributed by atoms with Crippen molar-refractivity contribution >= 4 is 21.4 Å². The van der Waals surface area contributed by atoms with Crippen LogP contribution < -0.4 is 0 Å². The van der Waals surface area contributed by atoms with Gasteiger partial charge >= 0.3 is 0 Å². The third-order valence-electron chi connectivity index (χ3n) is 3.15. The summed E-state index contributed by atoms with van der Waals surface area (Å²) in [4.78, 5) is 0.348. The number of halogens is 1. The molecule has 0 fully saturated rings. The minimum atomic E-state index is -3.36. The summed E-state index contributed by atoms with van der Waals surface area (Å²) in [6.07, 6.45) is 0. The molecule has 2 aromatic rings. The van der Waals surface area contributed by atoms with E-state index in [9.17, 15) is 8.42 Å². The molecule has 0 saturated heterocycles. The number of aryl methyl sites for hydroxylation is 1. The molecule has 0 N–H and O–H groups in total. The Kier molecular flexibility index (Phi) is 3.97. The predicted octanol–water partition coefficient (Wildman–Crippen LogP) is 4.18. The van der Waals surface area contributed by atoms with E-state index in [0.29, 0.717) is 9.92 Å². The van der Waals surface area contributed by atoms with E-state index in [4.69, 9.17) is 11.6 Å². The quantitative estimate of drug-likeness (QED) is 0.851. The van der Waals surface area contributed by atoms with Gasteiger partial charge in [0.15, 0.2) is 9.84 Å². The number of benzene rings is 2. The van der Waals surface area contributed by atoms with Crippen molar-refractivity contribution in [3.63, 3.8) is 0 Å². The maximum Gasteiger partial charge on any atom is 0.185 e. The Balaban J connectivity index is 2.39. The molecule has 0 aliphatic heterocycles. The van der Waals surface area contributed by atoms with E-state index < -0.39 is 15.1 Å². The first kappa shape index (κ1) is 14.1. The van der Waals surface area contributed by atoms with Crippen LogP contribution in [0.4, 0.5) is 0 Å². The predicted molar refractivity (Wildman–Crippen MR) is 78.2 cm³/mol. The normalized spacial score (nSPS) is 13.2. The first-order valence-electron chi connectivity index (χ1n) is 5.97. The van der Waals surface area contributed by atoms with Crippen LogP contribution in [0, 0.1) is 6.92 Å². The fraction of sp³-hybridized carbons (Fsp3) is 0.200. The van der Waals surface area contributed by atoms with E-state index in [1.807, 2.05) is 19.1 Å². The van der Waals surface area contributed by atoms with E-state index >= 15 is 0 Å². The smallest absolute Gasteiger partial charge is 0.185 e. The van der Waals surface area contributed by atoms with Crippen molar-refractivity contribution in [1.82, 2.24) is 0 Å². The summed E-state index contributed by atoms with van der Waals surface area (Å²) in [5, 5.41) is 0.0103. The largest absolute Gasteiger partial charge is 0.223 e. The van der Waals surface area contributed by atoms with Gasteiger partial charge in [0.2, 0.25) is 0 Å². The van der Waals surface area contributed by atoms with Crippen molar-refractivity contribution in [3.8, 4) is 0 Å². The molecular formula is C15H15ClO2S. The van der Waals surface area contributed by atoms with Crippen LogP contribution in [-0.2, 0) is 9.84 Å². The van der Waals surface area contributed by atoms with Gasteiger partial charge in [-0.2, -0.15) is 0 Å². The first-order chi connectivity index (χ1) is 8.91. The van der Waals surface area contributed by atoms with Crippen LogP contribution >= 0.6 is 11.6 Å². The van der Waals surface area contributed by atoms with Crippen molar-refractivity contribution < 1.29 is 8.42 Å². The second-order valence-corrected chi connectivity index (χ2v) is 7.26. The molecule has 1 atom stereocenters. The van der Waals surface area contributed by atoms with Crippen molar-refractivity contribution in [2.45, 2.75) is 24.0 Å². The number of rotatable bonds is 3. The lowest BCUT2D eigenvalue weighted by atomic mass is 10.2. The average Bonchev–Trinajstić information content (AvgIpc) is 2.39. The molecule has 0 aliphatic carbocycles. The molecule has 4 heteroatoms. The highest BCUT2D eigenvalue weighted by atomic mass is 35.5. The minimum absolute atomic E-state index is 0.348. The first-order valence-corrected chi connectivity index (χ1v) is 7.90. The maximum atomic E-state index is 12.5. The summed E-state index contributed by atoms with van der Waals surface area (Å²) in [5.41, 5.74) is 1.78. The van der Waals surface area contributed by atoms with Gasteiger partial charge in [-0.05, 0) is 43.7 Å². The Morgan fingerprint density at radius 2 is 1.47 bits per heavy atom. The van der Waals surface area contributed by atoms with Gasteiger partial charge in [0.25, 0.3) is 0 Å². The van der Waals surface area contributed by atoms with E-state index in [0.717, 1.165) is 11.1 Å². The molecule has 0 unspecified atom stereocenters. The minimum Gasteiger partial charge on any atom is -0.223 e. The highest BCUT2D eigenvalue weighted by molar-refractivity contribution is 7.91. The molecule has 100 valence electrons. The second-order valence-electron chi connectivity index (χ2n) is 4.55. The molecular weight excluding hydrogens is 280 g/mol. The van der Waals surface area contributed by atoms with Crippen molar-refractivity contribution in [1.29, 1.82) is 0 Å². The van der Waals surface area contributed by atoms with Crippen LogP contribution in [0.3, 0.4) is 0 Å². The molecule has 0 aromatic heterocycles. The summed E-state index contributed by atoms with van der Waals surface area (Å²) in [5.74, 6) is 0. The summed E-state index contributed by atoms with van der Waals surface area (Å²) >= 11 is 5.82. The summed E-state index contributed by atoms with van der Waals surface area (Å²) < 4.78 is 25.0. The van der Waals surface area contributed by atoms with E-state index in [1.165, 1.54) is 0 Å². The fourth-order valence-electron chi connectivity index (χ4n) is 1.85. The molecule has 2 nitrogen and oxygen atoms in total. The monoisotopic (exact) mass is 294 g/mol. The molecule has 0 aliphatic rings. The van der Waals surface area contributed by atoms with Gasteiger partial charge in [0, 0.05) is 5.02 Å². The highest BCUT2D eigenvalue weighted by Crippen LogP contribution is 2.29. The van der Waals surface area contributed by atoms with Crippen LogP contribution in [-0.4, -0.2) is 8.42 Å². The van der Waals surface area contributed by atoms with Crippen LogP contribution in [0.1, 0.15) is 23.3 Å². The lowest BCUT2D eigenvalue weighted by Crippen LogP contribution is -2.10. The second kappa shape index (κ2) is 5.35. The third kappa shape index (κ3) is 2.99. The third-order valence-corrected chi connectivity index (χ3v) is 5.54. The van der Waals surface area contributed by atoms with Crippen LogP contribution in [0.25, 0.3) is 0 Å². The van der Waals surface area contributed by atoms with Gasteiger partial charge in [0.1, 0.15) is 0 Å². The van der Waals surface area contributed by atoms with Crippen LogP contribution in [0.2, 0.25) is 5.02 Å². The topological polar surface area (TPSA) is 34.1 Å². The van der Waals surface area contributed by atoms with Gasteiger partial charge in [-0.3, -0.25) is 0 Å². The van der Waals surface area contributed by atoms with Crippen molar-refractivity contribution in [2.24, 2.45) is 0 Å². The number of hydrogen-bond acceptors (Lipinski definition) is 2. The van der Waals surface area contributed by atoms with Crippen molar-refractivity contribution in [2.75, 3.05) is 0 Å². The Morgan fingerprint density at radius 3 is 2.00 bits per heavy atom. The number of sulfone groups is 1. The molecule has 19 heavy (non-hydrogen) atoms. The van der Waals surface area contributed by atoms with E-state index in [1.54, 1.807) is 43.3 Å².